The summed E-state index contributed by atoms with van der Waals surface area (Å²) in [5.41, 5.74) is 0.0460. The van der Waals surface area contributed by atoms with Crippen LogP contribution in [0, 0.1) is 13.8 Å². The highest BCUT2D eigenvalue weighted by atomic mass is 19.4. The van der Waals surface area contributed by atoms with Crippen LogP contribution >= 0.6 is 0 Å². The van der Waals surface area contributed by atoms with Gasteiger partial charge >= 0.3 is 6.30 Å². The quantitative estimate of drug-likeness (QED) is 0.664. The number of aromatic hydroxyl groups is 2. The third-order valence-corrected chi connectivity index (χ3v) is 1.91. The lowest BCUT2D eigenvalue weighted by atomic mass is 10.2. The molecule has 0 amide bonds. The van der Waals surface area contributed by atoms with E-state index < -0.39 is 22.6 Å². The Labute approximate surface area is 72.0 Å². The van der Waals surface area contributed by atoms with Crippen molar-refractivity contribution in [2.45, 2.75) is 20.1 Å². The fraction of sp³-hybridized carbons (Fsp3) is 0.429. The van der Waals surface area contributed by atoms with E-state index in [1.807, 2.05) is 0 Å². The summed E-state index contributed by atoms with van der Waals surface area (Å²) in [6.45, 7) is 2.60. The van der Waals surface area contributed by atoms with Gasteiger partial charge in [-0.15, -0.1) is 13.2 Å². The monoisotopic (exact) mass is 195 g/mol. The maximum atomic E-state index is 12.1. The fourth-order valence-electron chi connectivity index (χ4n) is 1.01. The van der Waals surface area contributed by atoms with E-state index in [0.29, 0.717) is 0 Å². The number of rotatable bonds is 0. The van der Waals surface area contributed by atoms with Gasteiger partial charge in [0.1, 0.15) is 0 Å². The number of hydrogen-bond donors (Lipinski definition) is 2. The van der Waals surface area contributed by atoms with Gasteiger partial charge < -0.3 is 10.2 Å². The average Bonchev–Trinajstić information content (AvgIpc) is 2.14. The molecule has 1 aromatic heterocycles. The van der Waals surface area contributed by atoms with E-state index in [0.717, 1.165) is 0 Å². The molecule has 0 saturated heterocycles. The van der Waals surface area contributed by atoms with Gasteiger partial charge in [0.15, 0.2) is 0 Å². The zero-order valence-corrected chi connectivity index (χ0v) is 6.98. The molecule has 0 bridgehead atoms. The van der Waals surface area contributed by atoms with Gasteiger partial charge in [-0.2, -0.15) is 4.57 Å². The Morgan fingerprint density at radius 2 is 1.31 bits per heavy atom. The van der Waals surface area contributed by atoms with Crippen LogP contribution in [0.25, 0.3) is 0 Å². The Morgan fingerprint density at radius 3 is 1.46 bits per heavy atom. The number of halogens is 3. The van der Waals surface area contributed by atoms with Gasteiger partial charge in [0.2, 0.25) is 11.8 Å². The Hall–Kier alpha value is -1.33. The summed E-state index contributed by atoms with van der Waals surface area (Å²) in [6, 6.07) is 0. The predicted molar refractivity (Wildman–Crippen MR) is 38.5 cm³/mol. The molecule has 0 radical (unpaired) electrons. The van der Waals surface area contributed by atoms with Crippen molar-refractivity contribution in [3.05, 3.63) is 11.1 Å². The summed E-state index contributed by atoms with van der Waals surface area (Å²) < 4.78 is 36.0. The van der Waals surface area contributed by atoms with E-state index in [1.54, 1.807) is 0 Å². The SMILES string of the molecule is Cc1c(C)c(O)n(C(F)(F)F)c1O. The molecule has 0 fully saturated rings. The van der Waals surface area contributed by atoms with E-state index in [1.165, 1.54) is 13.8 Å². The first-order valence-electron chi connectivity index (χ1n) is 3.43. The largest absolute Gasteiger partial charge is 0.494 e. The molecule has 0 unspecified atom stereocenters. The Morgan fingerprint density at radius 1 is 1.00 bits per heavy atom. The van der Waals surface area contributed by atoms with Gasteiger partial charge in [0.25, 0.3) is 0 Å². The van der Waals surface area contributed by atoms with Gasteiger partial charge in [-0.3, -0.25) is 0 Å². The molecular formula is C7H8F3NO2. The van der Waals surface area contributed by atoms with Crippen molar-refractivity contribution in [2.75, 3.05) is 0 Å². The second kappa shape index (κ2) is 2.58. The van der Waals surface area contributed by atoms with Crippen LogP contribution in [0.1, 0.15) is 11.1 Å². The maximum absolute atomic E-state index is 12.1. The van der Waals surface area contributed by atoms with Crippen LogP contribution in [0.2, 0.25) is 0 Å². The minimum Gasteiger partial charge on any atom is -0.494 e. The second-order valence-electron chi connectivity index (χ2n) is 2.70. The molecule has 1 aromatic rings. The molecular weight excluding hydrogens is 187 g/mol. The number of nitrogens with zero attached hydrogens (tertiary/aromatic N) is 1. The number of aromatic nitrogens is 1. The van der Waals surface area contributed by atoms with Crippen molar-refractivity contribution in [1.82, 2.24) is 4.57 Å². The fourth-order valence-corrected chi connectivity index (χ4v) is 1.01. The number of alkyl halides is 3. The molecule has 0 aromatic carbocycles. The summed E-state index contributed by atoms with van der Waals surface area (Å²) in [7, 11) is 0. The van der Waals surface area contributed by atoms with E-state index in [4.69, 9.17) is 10.2 Å². The normalized spacial score (nSPS) is 12.1. The predicted octanol–water partition coefficient (Wildman–Crippen LogP) is 1.99. The smallest absolute Gasteiger partial charge is 0.494 e. The van der Waals surface area contributed by atoms with Gasteiger partial charge in [-0.05, 0) is 13.8 Å². The van der Waals surface area contributed by atoms with Crippen LogP contribution in [0.15, 0.2) is 0 Å². The number of hydrogen-bond acceptors (Lipinski definition) is 2. The zero-order valence-electron chi connectivity index (χ0n) is 6.98. The lowest BCUT2D eigenvalue weighted by Crippen LogP contribution is -2.15. The molecule has 74 valence electrons. The molecule has 1 rings (SSSR count). The van der Waals surface area contributed by atoms with Crippen molar-refractivity contribution < 1.29 is 23.4 Å². The van der Waals surface area contributed by atoms with E-state index >= 15 is 0 Å². The minimum atomic E-state index is -4.80. The lowest BCUT2D eigenvalue weighted by molar-refractivity contribution is -0.208. The van der Waals surface area contributed by atoms with Crippen LogP contribution in [0.4, 0.5) is 13.2 Å². The molecule has 0 atom stereocenters. The summed E-state index contributed by atoms with van der Waals surface area (Å²) in [5, 5.41) is 18.0. The average molecular weight is 195 g/mol. The molecule has 3 nitrogen and oxygen atoms in total. The van der Waals surface area contributed by atoms with Crippen LogP contribution in [-0.2, 0) is 6.30 Å². The topological polar surface area (TPSA) is 45.4 Å². The molecule has 0 aliphatic heterocycles. The first-order chi connectivity index (χ1) is 5.76. The zero-order chi connectivity index (χ0) is 10.4. The lowest BCUT2D eigenvalue weighted by Gasteiger charge is -2.09. The van der Waals surface area contributed by atoms with Crippen molar-refractivity contribution >= 4 is 0 Å². The molecule has 0 spiro atoms. The Balaban J connectivity index is 3.47. The van der Waals surface area contributed by atoms with Gasteiger partial charge in [-0.25, -0.2) is 0 Å². The third-order valence-electron chi connectivity index (χ3n) is 1.91. The van der Waals surface area contributed by atoms with Crippen molar-refractivity contribution in [3.8, 4) is 11.8 Å². The summed E-state index contributed by atoms with van der Waals surface area (Å²) in [6.07, 6.45) is -4.80. The van der Waals surface area contributed by atoms with Crippen molar-refractivity contribution in [1.29, 1.82) is 0 Å². The Kier molecular flexibility index (Phi) is 1.94. The molecule has 0 aliphatic carbocycles. The first kappa shape index (κ1) is 9.76. The maximum Gasteiger partial charge on any atom is 0.494 e. The summed E-state index contributed by atoms with van der Waals surface area (Å²) in [4.78, 5) is 0. The van der Waals surface area contributed by atoms with Crippen LogP contribution in [-0.4, -0.2) is 14.8 Å². The summed E-state index contributed by atoms with van der Waals surface area (Å²) in [5.74, 6) is -1.94. The highest BCUT2D eigenvalue weighted by Gasteiger charge is 2.37. The molecule has 1 heterocycles. The van der Waals surface area contributed by atoms with E-state index in [2.05, 4.69) is 0 Å². The second-order valence-corrected chi connectivity index (χ2v) is 2.70. The summed E-state index contributed by atoms with van der Waals surface area (Å²) >= 11 is 0. The van der Waals surface area contributed by atoms with Crippen molar-refractivity contribution in [2.24, 2.45) is 0 Å². The van der Waals surface area contributed by atoms with E-state index in [-0.39, 0.29) is 11.1 Å². The highest BCUT2D eigenvalue weighted by Crippen LogP contribution is 2.39. The highest BCUT2D eigenvalue weighted by molar-refractivity contribution is 5.43. The Bertz CT molecular complexity index is 315. The standard InChI is InChI=1S/C7H8F3NO2/c1-3-4(2)6(13)11(5(3)12)7(8,9)10/h12-13H,1-2H3. The molecule has 0 saturated carbocycles. The molecule has 6 heteroatoms. The third kappa shape index (κ3) is 1.32. The first-order valence-corrected chi connectivity index (χ1v) is 3.43. The minimum absolute atomic E-state index is 0.0230. The molecule has 2 N–H and O–H groups in total. The molecule has 13 heavy (non-hydrogen) atoms. The van der Waals surface area contributed by atoms with Gasteiger partial charge in [0, 0.05) is 11.1 Å². The van der Waals surface area contributed by atoms with Crippen LogP contribution in [0.3, 0.4) is 0 Å². The van der Waals surface area contributed by atoms with Gasteiger partial charge in [0.05, 0.1) is 0 Å². The molecule has 0 aliphatic rings. The van der Waals surface area contributed by atoms with Gasteiger partial charge in [-0.1, -0.05) is 0 Å². The van der Waals surface area contributed by atoms with Crippen LogP contribution in [0.5, 0.6) is 11.8 Å². The van der Waals surface area contributed by atoms with Crippen molar-refractivity contribution in [3.63, 3.8) is 0 Å². The van der Waals surface area contributed by atoms with Crippen LogP contribution < -0.4 is 0 Å². The van der Waals surface area contributed by atoms with E-state index in [9.17, 15) is 13.2 Å².